The molecule has 0 saturated carbocycles. The van der Waals surface area contributed by atoms with Crippen LogP contribution in [0.2, 0.25) is 0 Å². The number of rotatable bonds is 7. The fourth-order valence-electron chi connectivity index (χ4n) is 2.30. The molecule has 0 saturated heterocycles. The van der Waals surface area contributed by atoms with Crippen molar-refractivity contribution in [3.8, 4) is 11.5 Å². The number of hydrogen-bond donors (Lipinski definition) is 1. The van der Waals surface area contributed by atoms with Gasteiger partial charge in [0.15, 0.2) is 11.5 Å². The van der Waals surface area contributed by atoms with Crippen LogP contribution < -0.4 is 15.2 Å². The number of benzene rings is 1. The quantitative estimate of drug-likeness (QED) is 0.775. The zero-order valence-electron chi connectivity index (χ0n) is 12.5. The lowest BCUT2D eigenvalue weighted by atomic mass is 9.89. The van der Waals surface area contributed by atoms with E-state index in [0.717, 1.165) is 12.0 Å². The highest BCUT2D eigenvalue weighted by Gasteiger charge is 2.23. The summed E-state index contributed by atoms with van der Waals surface area (Å²) in [5.74, 6) is 1.08. The van der Waals surface area contributed by atoms with Crippen LogP contribution in [-0.2, 0) is 9.53 Å². The molecular formula is C15H23NO4. The van der Waals surface area contributed by atoms with Gasteiger partial charge in [-0.3, -0.25) is 4.79 Å². The van der Waals surface area contributed by atoms with E-state index in [1.165, 1.54) is 7.11 Å². The fraction of sp³-hybridized carbons (Fsp3) is 0.533. The Bertz CT molecular complexity index is 447. The molecule has 1 rings (SSSR count). The normalized spacial score (nSPS) is 13.4. The van der Waals surface area contributed by atoms with Crippen LogP contribution >= 0.6 is 0 Å². The largest absolute Gasteiger partial charge is 0.493 e. The molecule has 0 fully saturated rings. The summed E-state index contributed by atoms with van der Waals surface area (Å²) in [5.41, 5.74) is 6.85. The molecule has 0 heterocycles. The maximum absolute atomic E-state index is 11.5. The van der Waals surface area contributed by atoms with Gasteiger partial charge in [-0.25, -0.2) is 0 Å². The summed E-state index contributed by atoms with van der Waals surface area (Å²) in [5, 5.41) is 0. The molecule has 1 aromatic rings. The molecule has 0 aromatic heterocycles. The van der Waals surface area contributed by atoms with Crippen LogP contribution in [0.25, 0.3) is 0 Å². The Morgan fingerprint density at radius 3 is 2.45 bits per heavy atom. The smallest absolute Gasteiger partial charge is 0.322 e. The highest BCUT2D eigenvalue weighted by atomic mass is 16.5. The van der Waals surface area contributed by atoms with Gasteiger partial charge >= 0.3 is 5.97 Å². The first-order chi connectivity index (χ1) is 9.58. The van der Waals surface area contributed by atoms with E-state index in [9.17, 15) is 4.79 Å². The number of esters is 1. The van der Waals surface area contributed by atoms with Crippen molar-refractivity contribution in [1.82, 2.24) is 0 Å². The minimum absolute atomic E-state index is 0.106. The van der Waals surface area contributed by atoms with Crippen LogP contribution in [0.15, 0.2) is 18.2 Å². The van der Waals surface area contributed by atoms with E-state index in [-0.39, 0.29) is 5.92 Å². The molecule has 0 bridgehead atoms. The predicted octanol–water partition coefficient (Wildman–Crippen LogP) is 2.09. The van der Waals surface area contributed by atoms with Crippen molar-refractivity contribution in [2.45, 2.75) is 31.7 Å². The van der Waals surface area contributed by atoms with Crippen molar-refractivity contribution in [2.75, 3.05) is 21.3 Å². The lowest BCUT2D eigenvalue weighted by Crippen LogP contribution is -2.33. The molecule has 0 aliphatic heterocycles. The molecule has 0 aliphatic rings. The number of carbonyl (C=O) groups excluding carboxylic acids is 1. The third-order valence-electron chi connectivity index (χ3n) is 3.41. The lowest BCUT2D eigenvalue weighted by molar-refractivity contribution is -0.142. The molecule has 2 unspecified atom stereocenters. The van der Waals surface area contributed by atoms with Gasteiger partial charge in [0.05, 0.1) is 21.3 Å². The van der Waals surface area contributed by atoms with Crippen LogP contribution in [0, 0.1) is 0 Å². The maximum atomic E-state index is 11.5. The van der Waals surface area contributed by atoms with Gasteiger partial charge < -0.3 is 19.9 Å². The summed E-state index contributed by atoms with van der Waals surface area (Å²) in [7, 11) is 4.55. The standard InChI is InChI=1S/C15H23NO4/c1-5-10(9-12(16)15(17)20-4)11-7-6-8-13(18-2)14(11)19-3/h6-8,10,12H,5,9,16H2,1-4H3. The zero-order valence-corrected chi connectivity index (χ0v) is 12.5. The second-order valence-electron chi connectivity index (χ2n) is 4.55. The molecule has 0 radical (unpaired) electrons. The van der Waals surface area contributed by atoms with Crippen LogP contribution in [0.3, 0.4) is 0 Å². The Balaban J connectivity index is 3.03. The second kappa shape index (κ2) is 7.75. The van der Waals surface area contributed by atoms with E-state index >= 15 is 0 Å². The Morgan fingerprint density at radius 2 is 1.95 bits per heavy atom. The van der Waals surface area contributed by atoms with Gasteiger partial charge in [-0.15, -0.1) is 0 Å². The van der Waals surface area contributed by atoms with Gasteiger partial charge in [-0.2, -0.15) is 0 Å². The van der Waals surface area contributed by atoms with E-state index in [4.69, 9.17) is 15.2 Å². The van der Waals surface area contributed by atoms with Gasteiger partial charge in [-0.1, -0.05) is 19.1 Å². The van der Waals surface area contributed by atoms with E-state index in [0.29, 0.717) is 17.9 Å². The average Bonchev–Trinajstić information content (AvgIpc) is 2.50. The van der Waals surface area contributed by atoms with Crippen molar-refractivity contribution in [2.24, 2.45) is 5.73 Å². The van der Waals surface area contributed by atoms with E-state index < -0.39 is 12.0 Å². The highest BCUT2D eigenvalue weighted by molar-refractivity contribution is 5.75. The van der Waals surface area contributed by atoms with Crippen LogP contribution in [0.4, 0.5) is 0 Å². The Morgan fingerprint density at radius 1 is 1.25 bits per heavy atom. The molecule has 2 N–H and O–H groups in total. The van der Waals surface area contributed by atoms with Gasteiger partial charge in [0.2, 0.25) is 0 Å². The predicted molar refractivity (Wildman–Crippen MR) is 77.2 cm³/mol. The van der Waals surface area contributed by atoms with Crippen molar-refractivity contribution in [1.29, 1.82) is 0 Å². The molecule has 20 heavy (non-hydrogen) atoms. The topological polar surface area (TPSA) is 70.8 Å². The number of nitrogens with two attached hydrogens (primary N) is 1. The second-order valence-corrected chi connectivity index (χ2v) is 4.55. The van der Waals surface area contributed by atoms with Gasteiger partial charge in [-0.05, 0) is 24.8 Å². The summed E-state index contributed by atoms with van der Waals surface area (Å²) in [4.78, 5) is 11.5. The van der Waals surface area contributed by atoms with Gasteiger partial charge in [0.1, 0.15) is 6.04 Å². The minimum Gasteiger partial charge on any atom is -0.493 e. The number of para-hydroxylation sites is 1. The average molecular weight is 281 g/mol. The monoisotopic (exact) mass is 281 g/mol. The summed E-state index contributed by atoms with van der Waals surface area (Å²) >= 11 is 0. The molecule has 1 aromatic carbocycles. The van der Waals surface area contributed by atoms with Gasteiger partial charge in [0.25, 0.3) is 0 Å². The highest BCUT2D eigenvalue weighted by Crippen LogP contribution is 2.38. The van der Waals surface area contributed by atoms with Crippen molar-refractivity contribution in [3.63, 3.8) is 0 Å². The van der Waals surface area contributed by atoms with E-state index in [1.807, 2.05) is 25.1 Å². The molecule has 2 atom stereocenters. The number of carbonyl (C=O) groups is 1. The number of methoxy groups -OCH3 is 3. The summed E-state index contributed by atoms with van der Waals surface area (Å²) in [6.45, 7) is 2.05. The summed E-state index contributed by atoms with van der Waals surface area (Å²) in [6, 6.07) is 5.08. The maximum Gasteiger partial charge on any atom is 0.322 e. The van der Waals surface area contributed by atoms with Crippen LogP contribution in [0.1, 0.15) is 31.2 Å². The van der Waals surface area contributed by atoms with E-state index in [1.54, 1.807) is 14.2 Å². The molecule has 0 aliphatic carbocycles. The van der Waals surface area contributed by atoms with E-state index in [2.05, 4.69) is 4.74 Å². The fourth-order valence-corrected chi connectivity index (χ4v) is 2.30. The van der Waals surface area contributed by atoms with Crippen LogP contribution in [0.5, 0.6) is 11.5 Å². The first kappa shape index (κ1) is 16.3. The van der Waals surface area contributed by atoms with Crippen molar-refractivity contribution < 1.29 is 19.0 Å². The minimum atomic E-state index is -0.638. The molecular weight excluding hydrogens is 258 g/mol. The molecule has 112 valence electrons. The first-order valence-corrected chi connectivity index (χ1v) is 6.63. The van der Waals surface area contributed by atoms with Crippen molar-refractivity contribution in [3.05, 3.63) is 23.8 Å². The Labute approximate surface area is 120 Å². The SMILES string of the molecule is CCC(CC(N)C(=O)OC)c1cccc(OC)c1OC. The molecule has 5 nitrogen and oxygen atoms in total. The molecule has 5 heteroatoms. The lowest BCUT2D eigenvalue weighted by Gasteiger charge is -2.22. The summed E-state index contributed by atoms with van der Waals surface area (Å²) < 4.78 is 15.4. The Kier molecular flexibility index (Phi) is 6.31. The Hall–Kier alpha value is -1.75. The van der Waals surface area contributed by atoms with Crippen LogP contribution in [-0.4, -0.2) is 33.3 Å². The number of hydrogen-bond acceptors (Lipinski definition) is 5. The third-order valence-corrected chi connectivity index (χ3v) is 3.41. The molecule has 0 amide bonds. The third kappa shape index (κ3) is 3.63. The first-order valence-electron chi connectivity index (χ1n) is 6.63. The summed E-state index contributed by atoms with van der Waals surface area (Å²) in [6.07, 6.45) is 1.35. The van der Waals surface area contributed by atoms with Crippen molar-refractivity contribution >= 4 is 5.97 Å². The molecule has 0 spiro atoms. The van der Waals surface area contributed by atoms with Gasteiger partial charge in [0, 0.05) is 5.56 Å². The zero-order chi connectivity index (χ0) is 15.1. The number of ether oxygens (including phenoxy) is 3.